The van der Waals surface area contributed by atoms with E-state index in [1.54, 1.807) is 7.11 Å². The first-order valence-corrected chi connectivity index (χ1v) is 6.02. The molecule has 96 valence electrons. The summed E-state index contributed by atoms with van der Waals surface area (Å²) in [5, 5.41) is 0. The van der Waals surface area contributed by atoms with Crippen LogP contribution in [0.5, 0.6) is 11.5 Å². The Kier molecular flexibility index (Phi) is 5.29. The van der Waals surface area contributed by atoms with Crippen LogP contribution in [0.1, 0.15) is 19.4 Å². The minimum atomic E-state index is 0.157. The predicted molar refractivity (Wildman–Crippen MR) is 71.0 cm³/mol. The highest BCUT2D eigenvalue weighted by Crippen LogP contribution is 2.32. The highest BCUT2D eigenvalue weighted by molar-refractivity contribution is 5.46. The zero-order valence-electron chi connectivity index (χ0n) is 11.5. The van der Waals surface area contributed by atoms with Crippen LogP contribution in [-0.4, -0.2) is 38.8 Å². The molecule has 3 heteroatoms. The molecule has 1 rings (SSSR count). The number of likely N-dealkylation sites (N-methyl/N-ethyl adjacent to an activating group) is 1. The molecule has 0 heterocycles. The van der Waals surface area contributed by atoms with E-state index in [0.29, 0.717) is 0 Å². The van der Waals surface area contributed by atoms with Gasteiger partial charge in [0.2, 0.25) is 0 Å². The van der Waals surface area contributed by atoms with Crippen molar-refractivity contribution in [1.29, 1.82) is 0 Å². The number of para-hydroxylation sites is 1. The number of hydrogen-bond acceptors (Lipinski definition) is 3. The average molecular weight is 237 g/mol. The predicted octanol–water partition coefficient (Wildman–Crippen LogP) is 2.59. The number of ether oxygens (including phenoxy) is 2. The smallest absolute Gasteiger partial charge is 0.164 e. The lowest BCUT2D eigenvalue weighted by Gasteiger charge is -2.18. The van der Waals surface area contributed by atoms with Crippen molar-refractivity contribution in [3.8, 4) is 11.5 Å². The monoisotopic (exact) mass is 237 g/mol. The highest BCUT2D eigenvalue weighted by atomic mass is 16.5. The molecule has 17 heavy (non-hydrogen) atoms. The lowest BCUT2D eigenvalue weighted by Crippen LogP contribution is -2.16. The number of rotatable bonds is 6. The van der Waals surface area contributed by atoms with E-state index in [9.17, 15) is 0 Å². The zero-order chi connectivity index (χ0) is 12.8. The van der Waals surface area contributed by atoms with Gasteiger partial charge < -0.3 is 14.4 Å². The molecule has 0 saturated heterocycles. The van der Waals surface area contributed by atoms with Gasteiger partial charge in [-0.3, -0.25) is 0 Å². The van der Waals surface area contributed by atoms with Crippen molar-refractivity contribution < 1.29 is 9.47 Å². The van der Waals surface area contributed by atoms with Crippen LogP contribution in [0.2, 0.25) is 0 Å². The van der Waals surface area contributed by atoms with Gasteiger partial charge in [0.05, 0.1) is 13.2 Å². The molecule has 0 atom stereocenters. The van der Waals surface area contributed by atoms with Crippen LogP contribution < -0.4 is 9.47 Å². The standard InChI is InChI=1S/C14H23NO2/c1-11(2)17-14-12(9-10-15(3)4)7-6-8-13(14)16-5/h6-8,11H,9-10H2,1-5H3. The van der Waals surface area contributed by atoms with E-state index in [2.05, 4.69) is 25.1 Å². The third-order valence-corrected chi connectivity index (χ3v) is 2.46. The SMILES string of the molecule is COc1cccc(CCN(C)C)c1OC(C)C. The zero-order valence-corrected chi connectivity index (χ0v) is 11.5. The maximum absolute atomic E-state index is 5.86. The molecule has 0 amide bonds. The van der Waals surface area contributed by atoms with Gasteiger partial charge in [-0.2, -0.15) is 0 Å². The molecule has 0 bridgehead atoms. The molecule has 0 aliphatic rings. The van der Waals surface area contributed by atoms with Crippen LogP contribution in [0.4, 0.5) is 0 Å². The second kappa shape index (κ2) is 6.50. The van der Waals surface area contributed by atoms with Gasteiger partial charge in [0.25, 0.3) is 0 Å². The van der Waals surface area contributed by atoms with Crippen LogP contribution in [0, 0.1) is 0 Å². The highest BCUT2D eigenvalue weighted by Gasteiger charge is 2.12. The fourth-order valence-electron chi connectivity index (χ4n) is 1.63. The molecule has 1 aromatic carbocycles. The first kappa shape index (κ1) is 13.8. The summed E-state index contributed by atoms with van der Waals surface area (Å²) in [5.74, 6) is 1.70. The van der Waals surface area contributed by atoms with Gasteiger partial charge in [-0.05, 0) is 46.0 Å². The van der Waals surface area contributed by atoms with E-state index in [1.807, 2.05) is 26.0 Å². The summed E-state index contributed by atoms with van der Waals surface area (Å²) in [4.78, 5) is 2.17. The van der Waals surface area contributed by atoms with Gasteiger partial charge in [0.15, 0.2) is 11.5 Å². The minimum Gasteiger partial charge on any atom is -0.493 e. The normalized spacial score (nSPS) is 11.0. The second-order valence-electron chi connectivity index (χ2n) is 4.67. The summed E-state index contributed by atoms with van der Waals surface area (Å²) in [5.41, 5.74) is 1.20. The van der Waals surface area contributed by atoms with Crippen LogP contribution in [-0.2, 0) is 6.42 Å². The largest absolute Gasteiger partial charge is 0.493 e. The molecule has 0 unspecified atom stereocenters. The summed E-state index contributed by atoms with van der Waals surface area (Å²) >= 11 is 0. The lowest BCUT2D eigenvalue weighted by molar-refractivity contribution is 0.227. The second-order valence-corrected chi connectivity index (χ2v) is 4.67. The summed E-state index contributed by atoms with van der Waals surface area (Å²) in [7, 11) is 5.82. The maximum Gasteiger partial charge on any atom is 0.164 e. The van der Waals surface area contributed by atoms with Gasteiger partial charge in [0, 0.05) is 6.54 Å². The van der Waals surface area contributed by atoms with Crippen molar-refractivity contribution in [3.05, 3.63) is 23.8 Å². The topological polar surface area (TPSA) is 21.7 Å². The summed E-state index contributed by atoms with van der Waals surface area (Å²) < 4.78 is 11.2. The average Bonchev–Trinajstić information content (AvgIpc) is 2.26. The Labute approximate surface area is 104 Å². The third-order valence-electron chi connectivity index (χ3n) is 2.46. The Balaban J connectivity index is 2.93. The van der Waals surface area contributed by atoms with Gasteiger partial charge >= 0.3 is 0 Å². The molecule has 1 aromatic rings. The van der Waals surface area contributed by atoms with E-state index in [-0.39, 0.29) is 6.10 Å². The molecule has 0 radical (unpaired) electrons. The molecule has 0 aliphatic carbocycles. The Morgan fingerprint density at radius 1 is 1.24 bits per heavy atom. The molecule has 0 saturated carbocycles. The van der Waals surface area contributed by atoms with Crippen LogP contribution in [0.25, 0.3) is 0 Å². The third kappa shape index (κ3) is 4.27. The molecule has 0 spiro atoms. The molecule has 0 fully saturated rings. The van der Waals surface area contributed by atoms with Crippen molar-refractivity contribution >= 4 is 0 Å². The fraction of sp³-hybridized carbons (Fsp3) is 0.571. The Hall–Kier alpha value is -1.22. The van der Waals surface area contributed by atoms with Gasteiger partial charge in [-0.1, -0.05) is 12.1 Å². The maximum atomic E-state index is 5.86. The summed E-state index contributed by atoms with van der Waals surface area (Å²) in [6.07, 6.45) is 1.12. The van der Waals surface area contributed by atoms with E-state index in [4.69, 9.17) is 9.47 Å². The van der Waals surface area contributed by atoms with Crippen molar-refractivity contribution in [2.24, 2.45) is 0 Å². The van der Waals surface area contributed by atoms with E-state index in [0.717, 1.165) is 24.5 Å². The van der Waals surface area contributed by atoms with E-state index < -0.39 is 0 Å². The summed E-state index contributed by atoms with van der Waals surface area (Å²) in [6, 6.07) is 6.05. The van der Waals surface area contributed by atoms with Crippen LogP contribution in [0.15, 0.2) is 18.2 Å². The van der Waals surface area contributed by atoms with Gasteiger partial charge in [-0.25, -0.2) is 0 Å². The Bertz CT molecular complexity index is 348. The summed E-state index contributed by atoms with van der Waals surface area (Å²) in [6.45, 7) is 5.06. The van der Waals surface area contributed by atoms with Crippen molar-refractivity contribution in [3.63, 3.8) is 0 Å². The first-order valence-electron chi connectivity index (χ1n) is 6.02. The van der Waals surface area contributed by atoms with Crippen molar-refractivity contribution in [1.82, 2.24) is 4.90 Å². The van der Waals surface area contributed by atoms with Gasteiger partial charge in [0.1, 0.15) is 0 Å². The van der Waals surface area contributed by atoms with Crippen LogP contribution >= 0.6 is 0 Å². The molecule has 3 nitrogen and oxygen atoms in total. The van der Waals surface area contributed by atoms with E-state index in [1.165, 1.54) is 5.56 Å². The Morgan fingerprint density at radius 2 is 1.94 bits per heavy atom. The quantitative estimate of drug-likeness (QED) is 0.759. The first-order chi connectivity index (χ1) is 8.04. The van der Waals surface area contributed by atoms with E-state index >= 15 is 0 Å². The van der Waals surface area contributed by atoms with Gasteiger partial charge in [-0.15, -0.1) is 0 Å². The van der Waals surface area contributed by atoms with Crippen molar-refractivity contribution in [2.45, 2.75) is 26.4 Å². The fourth-order valence-corrected chi connectivity index (χ4v) is 1.63. The number of benzene rings is 1. The molecular weight excluding hydrogens is 214 g/mol. The molecule has 0 aromatic heterocycles. The van der Waals surface area contributed by atoms with Crippen molar-refractivity contribution in [2.75, 3.05) is 27.7 Å². The van der Waals surface area contributed by atoms with Crippen LogP contribution in [0.3, 0.4) is 0 Å². The molecule has 0 aliphatic heterocycles. The molecular formula is C14H23NO2. The lowest BCUT2D eigenvalue weighted by atomic mass is 10.1. The Morgan fingerprint density at radius 3 is 2.47 bits per heavy atom. The molecule has 0 N–H and O–H groups in total. The minimum absolute atomic E-state index is 0.157. The number of methoxy groups -OCH3 is 1. The number of nitrogens with zero attached hydrogens (tertiary/aromatic N) is 1. The number of hydrogen-bond donors (Lipinski definition) is 0.